The minimum Gasteiger partial charge on any atom is -0.291 e. The maximum atomic E-state index is 12.3. The second-order valence-electron chi connectivity index (χ2n) is 4.66. The minimum atomic E-state index is -0.942. The molecular formula is C13H15N3O2. The van der Waals surface area contributed by atoms with Crippen LogP contribution in [0.4, 0.5) is 5.69 Å². The van der Waals surface area contributed by atoms with Crippen molar-refractivity contribution in [3.63, 3.8) is 0 Å². The maximum Gasteiger partial charge on any atom is 0.273 e. The second kappa shape index (κ2) is 4.25. The van der Waals surface area contributed by atoms with Gasteiger partial charge in [-0.2, -0.15) is 0 Å². The highest BCUT2D eigenvalue weighted by Crippen LogP contribution is 2.22. The van der Waals surface area contributed by atoms with E-state index in [1.807, 2.05) is 18.2 Å². The molecule has 0 fully saturated rings. The number of para-hydroxylation sites is 1. The first-order chi connectivity index (χ1) is 8.42. The molecule has 94 valence electrons. The van der Waals surface area contributed by atoms with Gasteiger partial charge in [0.15, 0.2) is 11.6 Å². The van der Waals surface area contributed by atoms with Crippen LogP contribution in [0.25, 0.3) is 0 Å². The van der Waals surface area contributed by atoms with E-state index in [-0.39, 0.29) is 17.5 Å². The third kappa shape index (κ3) is 2.11. The van der Waals surface area contributed by atoms with Crippen molar-refractivity contribution in [3.8, 4) is 0 Å². The zero-order chi connectivity index (χ0) is 13.3. The van der Waals surface area contributed by atoms with E-state index in [1.54, 1.807) is 26.0 Å². The Morgan fingerprint density at radius 3 is 2.44 bits per heavy atom. The highest BCUT2D eigenvalue weighted by atomic mass is 16.2. The van der Waals surface area contributed by atoms with Gasteiger partial charge in [0.25, 0.3) is 5.91 Å². The van der Waals surface area contributed by atoms with Gasteiger partial charge in [0.05, 0.1) is 5.69 Å². The van der Waals surface area contributed by atoms with Crippen LogP contribution in [0.15, 0.2) is 35.3 Å². The predicted octanol–water partition coefficient (Wildman–Crippen LogP) is 1.30. The summed E-state index contributed by atoms with van der Waals surface area (Å²) in [6, 6.07) is 9.12. The van der Waals surface area contributed by atoms with E-state index in [2.05, 4.69) is 10.4 Å². The number of nitrogens with one attached hydrogen (secondary N) is 1. The van der Waals surface area contributed by atoms with Crippen LogP contribution in [-0.4, -0.2) is 23.1 Å². The quantitative estimate of drug-likeness (QED) is 0.854. The van der Waals surface area contributed by atoms with E-state index in [1.165, 1.54) is 11.9 Å². The van der Waals surface area contributed by atoms with Crippen LogP contribution in [0.3, 0.4) is 0 Å². The fourth-order valence-electron chi connectivity index (χ4n) is 1.70. The van der Waals surface area contributed by atoms with Gasteiger partial charge in [-0.05, 0) is 26.0 Å². The van der Waals surface area contributed by atoms with E-state index < -0.39 is 5.54 Å². The van der Waals surface area contributed by atoms with Crippen molar-refractivity contribution in [1.29, 1.82) is 0 Å². The first-order valence-corrected chi connectivity index (χ1v) is 5.69. The lowest BCUT2D eigenvalue weighted by molar-refractivity contribution is -0.123. The number of rotatable bonds is 2. The highest BCUT2D eigenvalue weighted by Gasteiger charge is 2.38. The summed E-state index contributed by atoms with van der Waals surface area (Å²) in [6.45, 7) is 4.80. The number of amidine groups is 1. The van der Waals surface area contributed by atoms with Crippen molar-refractivity contribution in [1.82, 2.24) is 5.43 Å². The van der Waals surface area contributed by atoms with E-state index in [0.29, 0.717) is 5.69 Å². The van der Waals surface area contributed by atoms with Crippen molar-refractivity contribution in [3.05, 3.63) is 30.3 Å². The molecule has 0 radical (unpaired) electrons. The molecule has 0 aromatic heterocycles. The Labute approximate surface area is 105 Å². The summed E-state index contributed by atoms with van der Waals surface area (Å²) in [5.41, 5.74) is 2.50. The lowest BCUT2D eigenvalue weighted by Crippen LogP contribution is -2.59. The minimum absolute atomic E-state index is 0.196. The zero-order valence-corrected chi connectivity index (χ0v) is 10.6. The van der Waals surface area contributed by atoms with Crippen LogP contribution in [0.1, 0.15) is 20.8 Å². The molecule has 5 heteroatoms. The molecule has 0 spiro atoms. The van der Waals surface area contributed by atoms with Gasteiger partial charge < -0.3 is 0 Å². The second-order valence-corrected chi connectivity index (χ2v) is 4.66. The van der Waals surface area contributed by atoms with Crippen LogP contribution < -0.4 is 10.4 Å². The molecule has 0 bridgehead atoms. The number of hydrazine groups is 1. The van der Waals surface area contributed by atoms with Crippen molar-refractivity contribution in [2.45, 2.75) is 26.3 Å². The van der Waals surface area contributed by atoms with E-state index in [4.69, 9.17) is 0 Å². The first kappa shape index (κ1) is 12.3. The van der Waals surface area contributed by atoms with Crippen LogP contribution in [0.2, 0.25) is 0 Å². The molecular weight excluding hydrogens is 230 g/mol. The average Bonchev–Trinajstić information content (AvgIpc) is 2.33. The van der Waals surface area contributed by atoms with Crippen LogP contribution in [0.5, 0.6) is 0 Å². The molecule has 0 saturated carbocycles. The van der Waals surface area contributed by atoms with Gasteiger partial charge in [-0.15, -0.1) is 0 Å². The fourth-order valence-corrected chi connectivity index (χ4v) is 1.70. The molecule has 18 heavy (non-hydrogen) atoms. The lowest BCUT2D eigenvalue weighted by Gasteiger charge is -2.35. The molecule has 1 amide bonds. The SMILES string of the molecule is CC(=O)C1=NC(C)(C)C(=O)N(c2ccccc2)N1. The Morgan fingerprint density at radius 1 is 1.28 bits per heavy atom. The normalized spacial score (nSPS) is 18.1. The van der Waals surface area contributed by atoms with Gasteiger partial charge in [-0.1, -0.05) is 18.2 Å². The average molecular weight is 245 g/mol. The van der Waals surface area contributed by atoms with Gasteiger partial charge in [-0.3, -0.25) is 15.0 Å². The molecule has 0 saturated heterocycles. The number of carbonyl (C=O) groups excluding carboxylic acids is 2. The number of anilines is 1. The lowest BCUT2D eigenvalue weighted by atomic mass is 10.0. The Balaban J connectivity index is 2.43. The third-order valence-electron chi connectivity index (χ3n) is 2.68. The molecule has 0 unspecified atom stereocenters. The Kier molecular flexibility index (Phi) is 2.90. The number of ketones is 1. The van der Waals surface area contributed by atoms with Gasteiger partial charge in [0.2, 0.25) is 0 Å². The molecule has 1 aliphatic heterocycles. The summed E-state index contributed by atoms with van der Waals surface area (Å²) in [4.78, 5) is 27.8. The summed E-state index contributed by atoms with van der Waals surface area (Å²) in [5, 5.41) is 1.36. The molecule has 2 rings (SSSR count). The van der Waals surface area contributed by atoms with E-state index >= 15 is 0 Å². The van der Waals surface area contributed by atoms with Crippen molar-refractivity contribution in [2.75, 3.05) is 5.01 Å². The monoisotopic (exact) mass is 245 g/mol. The molecule has 1 heterocycles. The number of nitrogens with zero attached hydrogens (tertiary/aromatic N) is 2. The molecule has 1 N–H and O–H groups in total. The summed E-state index contributed by atoms with van der Waals surface area (Å²) < 4.78 is 0. The van der Waals surface area contributed by atoms with Crippen molar-refractivity contribution in [2.24, 2.45) is 4.99 Å². The first-order valence-electron chi connectivity index (χ1n) is 5.69. The number of benzene rings is 1. The highest BCUT2D eigenvalue weighted by molar-refractivity contribution is 6.39. The Bertz CT molecular complexity index is 520. The summed E-state index contributed by atoms with van der Waals surface area (Å²) in [7, 11) is 0. The number of amides is 1. The van der Waals surface area contributed by atoms with Crippen molar-refractivity contribution >= 4 is 23.2 Å². The molecule has 0 atom stereocenters. The number of carbonyl (C=O) groups is 2. The third-order valence-corrected chi connectivity index (χ3v) is 2.68. The summed E-state index contributed by atoms with van der Waals surface area (Å²) in [6.07, 6.45) is 0. The van der Waals surface area contributed by atoms with E-state index in [9.17, 15) is 9.59 Å². The fraction of sp³-hybridized carbons (Fsp3) is 0.308. The van der Waals surface area contributed by atoms with Gasteiger partial charge in [0, 0.05) is 6.92 Å². The predicted molar refractivity (Wildman–Crippen MR) is 69.3 cm³/mol. The van der Waals surface area contributed by atoms with Crippen LogP contribution >= 0.6 is 0 Å². The molecule has 5 nitrogen and oxygen atoms in total. The van der Waals surface area contributed by atoms with E-state index in [0.717, 1.165) is 0 Å². The molecule has 0 aliphatic carbocycles. The van der Waals surface area contributed by atoms with Gasteiger partial charge in [0.1, 0.15) is 5.54 Å². The van der Waals surface area contributed by atoms with Crippen LogP contribution in [-0.2, 0) is 9.59 Å². The zero-order valence-electron chi connectivity index (χ0n) is 10.6. The number of Topliss-reactive ketones (excluding diaryl/α,β-unsaturated/α-hetero) is 1. The number of aliphatic imine (C=N–C) groups is 1. The topological polar surface area (TPSA) is 61.8 Å². The summed E-state index contributed by atoms with van der Waals surface area (Å²) >= 11 is 0. The van der Waals surface area contributed by atoms with Gasteiger partial charge in [-0.25, -0.2) is 10.0 Å². The largest absolute Gasteiger partial charge is 0.291 e. The summed E-state index contributed by atoms with van der Waals surface area (Å²) in [5.74, 6) is -0.196. The number of hydrogen-bond acceptors (Lipinski definition) is 4. The smallest absolute Gasteiger partial charge is 0.273 e. The molecule has 1 aliphatic rings. The van der Waals surface area contributed by atoms with Gasteiger partial charge >= 0.3 is 0 Å². The standard InChI is InChI=1S/C13H15N3O2/c1-9(17)11-14-13(2,3)12(18)16(15-11)10-7-5-4-6-8-10/h4-8H,1-3H3,(H,14,15). The van der Waals surface area contributed by atoms with Crippen molar-refractivity contribution < 1.29 is 9.59 Å². The van der Waals surface area contributed by atoms with Crippen LogP contribution in [0, 0.1) is 0 Å². The molecule has 1 aromatic rings. The Hall–Kier alpha value is -2.17. The molecule has 1 aromatic carbocycles. The Morgan fingerprint density at radius 2 is 1.89 bits per heavy atom. The number of hydrogen-bond donors (Lipinski definition) is 1. The maximum absolute atomic E-state index is 12.3.